The highest BCUT2D eigenvalue weighted by atomic mass is 16.5. The lowest BCUT2D eigenvalue weighted by Crippen LogP contribution is -2.46. The largest absolute Gasteiger partial charge is 0.493 e. The molecule has 3 heteroatoms. The van der Waals surface area contributed by atoms with Gasteiger partial charge in [0, 0.05) is 23.4 Å². The lowest BCUT2D eigenvalue weighted by molar-refractivity contribution is -0.0784. The number of nitrogens with one attached hydrogen (secondary N) is 1. The van der Waals surface area contributed by atoms with Crippen LogP contribution in [0.5, 0.6) is 5.75 Å². The summed E-state index contributed by atoms with van der Waals surface area (Å²) in [5.74, 6) is 1.91. The quantitative estimate of drug-likeness (QED) is 0.925. The summed E-state index contributed by atoms with van der Waals surface area (Å²) in [6.07, 6.45) is 1.07. The van der Waals surface area contributed by atoms with Gasteiger partial charge in [-0.25, -0.2) is 0 Å². The number of benzene rings is 1. The minimum Gasteiger partial charge on any atom is -0.493 e. The van der Waals surface area contributed by atoms with Gasteiger partial charge < -0.3 is 14.8 Å². The van der Waals surface area contributed by atoms with Crippen LogP contribution in [0.1, 0.15) is 45.6 Å². The summed E-state index contributed by atoms with van der Waals surface area (Å²) in [4.78, 5) is 0. The normalized spacial score (nSPS) is 30.7. The summed E-state index contributed by atoms with van der Waals surface area (Å²) >= 11 is 0. The summed E-state index contributed by atoms with van der Waals surface area (Å²) in [6, 6.07) is 8.79. The van der Waals surface area contributed by atoms with Gasteiger partial charge in [-0.2, -0.15) is 0 Å². The van der Waals surface area contributed by atoms with E-state index in [1.54, 1.807) is 0 Å². The van der Waals surface area contributed by atoms with Crippen LogP contribution in [-0.2, 0) is 4.74 Å². The molecule has 2 aliphatic heterocycles. The van der Waals surface area contributed by atoms with Crippen molar-refractivity contribution in [1.82, 2.24) is 5.32 Å². The number of fused-ring (bicyclic) bond motifs is 1. The van der Waals surface area contributed by atoms with Crippen LogP contribution in [0, 0.1) is 5.92 Å². The average molecular weight is 289 g/mol. The first-order valence-corrected chi connectivity index (χ1v) is 7.93. The molecule has 0 radical (unpaired) electrons. The van der Waals surface area contributed by atoms with Gasteiger partial charge in [0.15, 0.2) is 0 Å². The van der Waals surface area contributed by atoms with E-state index in [0.29, 0.717) is 17.9 Å². The first-order chi connectivity index (χ1) is 9.84. The van der Waals surface area contributed by atoms with Gasteiger partial charge in [0.25, 0.3) is 0 Å². The molecule has 1 fully saturated rings. The van der Waals surface area contributed by atoms with Crippen LogP contribution < -0.4 is 10.1 Å². The van der Waals surface area contributed by atoms with Crippen molar-refractivity contribution in [3.05, 3.63) is 29.8 Å². The molecule has 0 bridgehead atoms. The molecule has 3 unspecified atom stereocenters. The zero-order chi connectivity index (χ0) is 15.3. The van der Waals surface area contributed by atoms with E-state index in [2.05, 4.69) is 58.3 Å². The highest BCUT2D eigenvalue weighted by molar-refractivity contribution is 5.41. The van der Waals surface area contributed by atoms with Crippen molar-refractivity contribution in [2.45, 2.75) is 57.3 Å². The lowest BCUT2D eigenvalue weighted by Gasteiger charge is -2.35. The van der Waals surface area contributed by atoms with E-state index in [9.17, 15) is 0 Å². The molecule has 0 aromatic heterocycles. The molecular weight excluding hydrogens is 262 g/mol. The number of hydrogen-bond acceptors (Lipinski definition) is 3. The fraction of sp³-hybridized carbons (Fsp3) is 0.667. The van der Waals surface area contributed by atoms with E-state index in [1.807, 2.05) is 6.07 Å². The van der Waals surface area contributed by atoms with Gasteiger partial charge >= 0.3 is 0 Å². The second kappa shape index (κ2) is 4.99. The predicted octanol–water partition coefficient (Wildman–Crippen LogP) is 3.34. The second-order valence-corrected chi connectivity index (χ2v) is 7.55. The third-order valence-electron chi connectivity index (χ3n) is 5.08. The van der Waals surface area contributed by atoms with Gasteiger partial charge in [0.05, 0.1) is 17.8 Å². The van der Waals surface area contributed by atoms with Crippen molar-refractivity contribution < 1.29 is 9.47 Å². The fourth-order valence-electron chi connectivity index (χ4n) is 4.33. The Labute approximate surface area is 128 Å². The molecule has 2 aliphatic rings. The molecule has 0 aliphatic carbocycles. The third-order valence-corrected chi connectivity index (χ3v) is 5.08. The third kappa shape index (κ3) is 2.58. The summed E-state index contributed by atoms with van der Waals surface area (Å²) in [6.45, 7) is 9.59. The highest BCUT2D eigenvalue weighted by Crippen LogP contribution is 2.48. The van der Waals surface area contributed by atoms with Gasteiger partial charge in [0.2, 0.25) is 0 Å². The number of hydrogen-bond donors (Lipinski definition) is 1. The summed E-state index contributed by atoms with van der Waals surface area (Å²) in [5, 5.41) is 3.56. The SMILES string of the molecule is CNC(C1COc2ccccc21)C1CC(C)(C)OC1(C)C. The summed E-state index contributed by atoms with van der Waals surface area (Å²) in [5.41, 5.74) is 1.16. The smallest absolute Gasteiger partial charge is 0.122 e. The molecule has 1 N–H and O–H groups in total. The molecular formula is C18H27NO2. The molecule has 0 saturated carbocycles. The maximum absolute atomic E-state index is 6.30. The Morgan fingerprint density at radius 1 is 1.19 bits per heavy atom. The van der Waals surface area contributed by atoms with Gasteiger partial charge in [-0.05, 0) is 47.2 Å². The van der Waals surface area contributed by atoms with Crippen LogP contribution in [0.25, 0.3) is 0 Å². The van der Waals surface area contributed by atoms with Gasteiger partial charge in [-0.1, -0.05) is 18.2 Å². The first kappa shape index (κ1) is 14.9. The van der Waals surface area contributed by atoms with Crippen molar-refractivity contribution in [3.63, 3.8) is 0 Å². The van der Waals surface area contributed by atoms with E-state index >= 15 is 0 Å². The number of rotatable bonds is 3. The number of ether oxygens (including phenoxy) is 2. The van der Waals surface area contributed by atoms with Crippen LogP contribution in [0.4, 0.5) is 0 Å². The highest BCUT2D eigenvalue weighted by Gasteiger charge is 2.51. The van der Waals surface area contributed by atoms with Crippen LogP contribution >= 0.6 is 0 Å². The Bertz CT molecular complexity index is 524. The van der Waals surface area contributed by atoms with E-state index in [4.69, 9.17) is 9.47 Å². The van der Waals surface area contributed by atoms with E-state index in [0.717, 1.165) is 18.8 Å². The standard InChI is InChI=1S/C18H27NO2/c1-17(2)10-14(18(3,4)21-17)16(19-5)13-11-20-15-9-7-6-8-12(13)15/h6-9,13-14,16,19H,10-11H2,1-5H3. The molecule has 116 valence electrons. The topological polar surface area (TPSA) is 30.5 Å². The second-order valence-electron chi connectivity index (χ2n) is 7.55. The van der Waals surface area contributed by atoms with E-state index < -0.39 is 0 Å². The minimum atomic E-state index is -0.116. The Balaban J connectivity index is 1.90. The van der Waals surface area contributed by atoms with Gasteiger partial charge in [-0.15, -0.1) is 0 Å². The van der Waals surface area contributed by atoms with Crippen molar-refractivity contribution in [1.29, 1.82) is 0 Å². The van der Waals surface area contributed by atoms with Crippen LogP contribution in [0.2, 0.25) is 0 Å². The average Bonchev–Trinajstić information content (AvgIpc) is 2.90. The van der Waals surface area contributed by atoms with Gasteiger partial charge in [-0.3, -0.25) is 0 Å². The lowest BCUT2D eigenvalue weighted by atomic mass is 9.75. The zero-order valence-electron chi connectivity index (χ0n) is 13.8. The zero-order valence-corrected chi connectivity index (χ0v) is 13.8. The summed E-state index contributed by atoms with van der Waals surface area (Å²) < 4.78 is 12.2. The van der Waals surface area contributed by atoms with Crippen LogP contribution in [0.15, 0.2) is 24.3 Å². The Morgan fingerprint density at radius 3 is 2.52 bits per heavy atom. The fourth-order valence-corrected chi connectivity index (χ4v) is 4.33. The molecule has 1 aromatic rings. The maximum atomic E-state index is 6.30. The van der Waals surface area contributed by atoms with Crippen molar-refractivity contribution >= 4 is 0 Å². The Morgan fingerprint density at radius 2 is 1.90 bits per heavy atom. The minimum absolute atomic E-state index is 0.0533. The monoisotopic (exact) mass is 289 g/mol. The molecule has 1 aromatic carbocycles. The molecule has 3 atom stereocenters. The van der Waals surface area contributed by atoms with E-state index in [-0.39, 0.29) is 11.2 Å². The number of para-hydroxylation sites is 1. The molecule has 0 amide bonds. The molecule has 0 spiro atoms. The first-order valence-electron chi connectivity index (χ1n) is 7.93. The Hall–Kier alpha value is -1.06. The van der Waals surface area contributed by atoms with Crippen molar-refractivity contribution in [3.8, 4) is 5.75 Å². The van der Waals surface area contributed by atoms with Gasteiger partial charge in [0.1, 0.15) is 5.75 Å². The summed E-state index contributed by atoms with van der Waals surface area (Å²) in [7, 11) is 2.06. The molecule has 2 heterocycles. The van der Waals surface area contributed by atoms with E-state index in [1.165, 1.54) is 5.56 Å². The Kier molecular flexibility index (Phi) is 3.53. The van der Waals surface area contributed by atoms with Crippen LogP contribution in [-0.4, -0.2) is 30.9 Å². The van der Waals surface area contributed by atoms with Crippen LogP contribution in [0.3, 0.4) is 0 Å². The van der Waals surface area contributed by atoms with Crippen molar-refractivity contribution in [2.75, 3.05) is 13.7 Å². The molecule has 3 nitrogen and oxygen atoms in total. The predicted molar refractivity (Wildman–Crippen MR) is 84.9 cm³/mol. The molecule has 3 rings (SSSR count). The molecule has 1 saturated heterocycles. The maximum Gasteiger partial charge on any atom is 0.122 e. The van der Waals surface area contributed by atoms with Crippen molar-refractivity contribution in [2.24, 2.45) is 5.92 Å². The molecule has 21 heavy (non-hydrogen) atoms. The number of likely N-dealkylation sites (N-methyl/N-ethyl adjacent to an activating group) is 1.